The second-order valence-corrected chi connectivity index (χ2v) is 3.26. The minimum Gasteiger partial charge on any atom is -0.377 e. The molecular formula is C10H15NO. The van der Waals surface area contributed by atoms with Crippen LogP contribution in [0.5, 0.6) is 0 Å². The minimum atomic E-state index is 0.604. The molecule has 1 heterocycles. The predicted octanol–water partition coefficient (Wildman–Crippen LogP) is 2.25. The SMILES string of the molecule is CC(C)COCc1ccncc1. The fourth-order valence-corrected chi connectivity index (χ4v) is 0.891. The summed E-state index contributed by atoms with van der Waals surface area (Å²) in [5.74, 6) is 0.604. The summed E-state index contributed by atoms with van der Waals surface area (Å²) >= 11 is 0. The van der Waals surface area contributed by atoms with Crippen molar-refractivity contribution >= 4 is 0 Å². The molecule has 0 spiro atoms. The highest BCUT2D eigenvalue weighted by Crippen LogP contribution is 2.00. The molecule has 0 amide bonds. The van der Waals surface area contributed by atoms with Gasteiger partial charge in [-0.05, 0) is 23.6 Å². The molecule has 1 aromatic rings. The summed E-state index contributed by atoms with van der Waals surface area (Å²) in [7, 11) is 0. The summed E-state index contributed by atoms with van der Waals surface area (Å²) in [5.41, 5.74) is 1.19. The maximum Gasteiger partial charge on any atom is 0.0718 e. The summed E-state index contributed by atoms with van der Waals surface area (Å²) in [6.45, 7) is 5.81. The fraction of sp³-hybridized carbons (Fsp3) is 0.500. The van der Waals surface area contributed by atoms with E-state index in [-0.39, 0.29) is 0 Å². The third-order valence-electron chi connectivity index (χ3n) is 1.47. The van der Waals surface area contributed by atoms with Crippen molar-refractivity contribution in [3.63, 3.8) is 0 Å². The van der Waals surface area contributed by atoms with Gasteiger partial charge in [-0.3, -0.25) is 4.98 Å². The molecule has 0 N–H and O–H groups in total. The number of hydrogen-bond donors (Lipinski definition) is 0. The van der Waals surface area contributed by atoms with Gasteiger partial charge in [0, 0.05) is 19.0 Å². The quantitative estimate of drug-likeness (QED) is 0.682. The van der Waals surface area contributed by atoms with Crippen LogP contribution in [0.2, 0.25) is 0 Å². The Morgan fingerprint density at radius 1 is 1.33 bits per heavy atom. The third-order valence-corrected chi connectivity index (χ3v) is 1.47. The maximum absolute atomic E-state index is 5.45. The summed E-state index contributed by atoms with van der Waals surface area (Å²) in [6, 6.07) is 3.95. The molecule has 0 bridgehead atoms. The average molecular weight is 165 g/mol. The number of rotatable bonds is 4. The van der Waals surface area contributed by atoms with Crippen molar-refractivity contribution < 1.29 is 4.74 Å². The molecule has 0 radical (unpaired) electrons. The smallest absolute Gasteiger partial charge is 0.0718 e. The van der Waals surface area contributed by atoms with Crippen molar-refractivity contribution in [3.05, 3.63) is 30.1 Å². The first kappa shape index (κ1) is 9.20. The van der Waals surface area contributed by atoms with Crippen molar-refractivity contribution in [2.75, 3.05) is 6.61 Å². The van der Waals surface area contributed by atoms with Gasteiger partial charge in [-0.2, -0.15) is 0 Å². The van der Waals surface area contributed by atoms with Crippen molar-refractivity contribution in [2.45, 2.75) is 20.5 Å². The van der Waals surface area contributed by atoms with E-state index < -0.39 is 0 Å². The molecular weight excluding hydrogens is 150 g/mol. The molecule has 66 valence electrons. The van der Waals surface area contributed by atoms with Gasteiger partial charge in [0.1, 0.15) is 0 Å². The molecule has 0 unspecified atom stereocenters. The van der Waals surface area contributed by atoms with Crippen LogP contribution < -0.4 is 0 Å². The number of ether oxygens (including phenoxy) is 1. The Bertz CT molecular complexity index is 208. The number of aromatic nitrogens is 1. The minimum absolute atomic E-state index is 0.604. The van der Waals surface area contributed by atoms with Crippen molar-refractivity contribution in [2.24, 2.45) is 5.92 Å². The second kappa shape index (κ2) is 4.88. The molecule has 1 rings (SSSR count). The lowest BCUT2D eigenvalue weighted by atomic mass is 10.2. The first-order valence-electron chi connectivity index (χ1n) is 4.25. The van der Waals surface area contributed by atoms with Crippen LogP contribution in [0.4, 0.5) is 0 Å². The Kier molecular flexibility index (Phi) is 3.74. The Hall–Kier alpha value is -0.890. The van der Waals surface area contributed by atoms with E-state index in [4.69, 9.17) is 4.74 Å². The molecule has 0 atom stereocenters. The van der Waals surface area contributed by atoms with Gasteiger partial charge < -0.3 is 4.74 Å². The van der Waals surface area contributed by atoms with Crippen LogP contribution in [0.15, 0.2) is 24.5 Å². The molecule has 0 saturated carbocycles. The highest BCUT2D eigenvalue weighted by molar-refractivity contribution is 5.07. The van der Waals surface area contributed by atoms with E-state index in [0.29, 0.717) is 12.5 Å². The molecule has 2 nitrogen and oxygen atoms in total. The van der Waals surface area contributed by atoms with E-state index in [9.17, 15) is 0 Å². The average Bonchev–Trinajstić information content (AvgIpc) is 2.05. The topological polar surface area (TPSA) is 22.1 Å². The molecule has 0 aliphatic carbocycles. The molecule has 0 saturated heterocycles. The Morgan fingerprint density at radius 3 is 2.58 bits per heavy atom. The Morgan fingerprint density at radius 2 is 2.00 bits per heavy atom. The summed E-state index contributed by atoms with van der Waals surface area (Å²) in [5, 5.41) is 0. The number of pyridine rings is 1. The van der Waals surface area contributed by atoms with Crippen LogP contribution in [0.25, 0.3) is 0 Å². The fourth-order valence-electron chi connectivity index (χ4n) is 0.891. The van der Waals surface area contributed by atoms with E-state index >= 15 is 0 Å². The van der Waals surface area contributed by atoms with E-state index in [2.05, 4.69) is 18.8 Å². The van der Waals surface area contributed by atoms with Crippen LogP contribution in [0, 0.1) is 5.92 Å². The zero-order chi connectivity index (χ0) is 8.81. The Balaban J connectivity index is 2.25. The van der Waals surface area contributed by atoms with Gasteiger partial charge in [-0.15, -0.1) is 0 Å². The van der Waals surface area contributed by atoms with Gasteiger partial charge in [0.05, 0.1) is 6.61 Å². The predicted molar refractivity (Wildman–Crippen MR) is 48.7 cm³/mol. The molecule has 12 heavy (non-hydrogen) atoms. The van der Waals surface area contributed by atoms with Gasteiger partial charge in [-0.1, -0.05) is 13.8 Å². The van der Waals surface area contributed by atoms with Crippen molar-refractivity contribution in [1.82, 2.24) is 4.98 Å². The summed E-state index contributed by atoms with van der Waals surface area (Å²) in [4.78, 5) is 3.93. The summed E-state index contributed by atoms with van der Waals surface area (Å²) in [6.07, 6.45) is 3.57. The second-order valence-electron chi connectivity index (χ2n) is 3.26. The lowest BCUT2D eigenvalue weighted by molar-refractivity contribution is 0.0970. The van der Waals surface area contributed by atoms with Gasteiger partial charge >= 0.3 is 0 Å². The lowest BCUT2D eigenvalue weighted by Crippen LogP contribution is -2.01. The monoisotopic (exact) mass is 165 g/mol. The van der Waals surface area contributed by atoms with Gasteiger partial charge in [-0.25, -0.2) is 0 Å². The third kappa shape index (κ3) is 3.49. The van der Waals surface area contributed by atoms with Crippen LogP contribution in [0.1, 0.15) is 19.4 Å². The van der Waals surface area contributed by atoms with Crippen LogP contribution in [-0.4, -0.2) is 11.6 Å². The lowest BCUT2D eigenvalue weighted by Gasteiger charge is -2.05. The number of hydrogen-bond acceptors (Lipinski definition) is 2. The highest BCUT2D eigenvalue weighted by Gasteiger charge is 1.94. The largest absolute Gasteiger partial charge is 0.377 e. The van der Waals surface area contributed by atoms with Crippen LogP contribution in [0.3, 0.4) is 0 Å². The zero-order valence-corrected chi connectivity index (χ0v) is 7.66. The normalized spacial score (nSPS) is 10.6. The number of nitrogens with zero attached hydrogens (tertiary/aromatic N) is 1. The van der Waals surface area contributed by atoms with E-state index in [1.165, 1.54) is 5.56 Å². The van der Waals surface area contributed by atoms with Gasteiger partial charge in [0.25, 0.3) is 0 Å². The first-order valence-corrected chi connectivity index (χ1v) is 4.25. The molecule has 1 aromatic heterocycles. The summed E-state index contributed by atoms with van der Waals surface area (Å²) < 4.78 is 5.45. The molecule has 0 aliphatic heterocycles. The van der Waals surface area contributed by atoms with E-state index in [1.54, 1.807) is 12.4 Å². The molecule has 0 aromatic carbocycles. The maximum atomic E-state index is 5.45. The Labute approximate surface area is 73.6 Å². The van der Waals surface area contributed by atoms with E-state index in [1.807, 2.05) is 12.1 Å². The van der Waals surface area contributed by atoms with Gasteiger partial charge in [0.15, 0.2) is 0 Å². The first-order chi connectivity index (χ1) is 5.79. The zero-order valence-electron chi connectivity index (χ0n) is 7.66. The van der Waals surface area contributed by atoms with E-state index in [0.717, 1.165) is 6.61 Å². The van der Waals surface area contributed by atoms with Crippen LogP contribution in [-0.2, 0) is 11.3 Å². The molecule has 0 fully saturated rings. The highest BCUT2D eigenvalue weighted by atomic mass is 16.5. The molecule has 0 aliphatic rings. The molecule has 2 heteroatoms. The van der Waals surface area contributed by atoms with Crippen molar-refractivity contribution in [1.29, 1.82) is 0 Å². The van der Waals surface area contributed by atoms with Crippen molar-refractivity contribution in [3.8, 4) is 0 Å². The van der Waals surface area contributed by atoms with Gasteiger partial charge in [0.2, 0.25) is 0 Å². The standard InChI is InChI=1S/C10H15NO/c1-9(2)7-12-8-10-3-5-11-6-4-10/h3-6,9H,7-8H2,1-2H3. The van der Waals surface area contributed by atoms with Crippen LogP contribution >= 0.6 is 0 Å².